The van der Waals surface area contributed by atoms with Gasteiger partial charge in [-0.3, -0.25) is 4.79 Å². The summed E-state index contributed by atoms with van der Waals surface area (Å²) in [5, 5.41) is 7.31. The Labute approximate surface area is 162 Å². The highest BCUT2D eigenvalue weighted by molar-refractivity contribution is 6.01. The summed E-state index contributed by atoms with van der Waals surface area (Å²) in [4.78, 5) is 13.0. The van der Waals surface area contributed by atoms with Gasteiger partial charge in [-0.1, -0.05) is 30.3 Å². The molecule has 2 aromatic carbocycles. The zero-order chi connectivity index (χ0) is 19.1. The second-order valence-corrected chi connectivity index (χ2v) is 7.19. The summed E-state index contributed by atoms with van der Waals surface area (Å²) in [6.45, 7) is 2.30. The van der Waals surface area contributed by atoms with E-state index < -0.39 is 5.41 Å². The van der Waals surface area contributed by atoms with E-state index in [2.05, 4.69) is 17.4 Å². The monoisotopic (exact) mass is 376 g/mol. The smallest absolute Gasteiger partial charge is 0.236 e. The van der Waals surface area contributed by atoms with Crippen LogP contribution >= 0.6 is 0 Å². The second-order valence-electron chi connectivity index (χ2n) is 7.19. The molecule has 1 N–H and O–H groups in total. The van der Waals surface area contributed by atoms with Crippen molar-refractivity contribution in [2.45, 2.75) is 31.6 Å². The number of hydrogen-bond acceptors (Lipinski definition) is 5. The van der Waals surface area contributed by atoms with Crippen molar-refractivity contribution in [2.24, 2.45) is 0 Å². The first kappa shape index (κ1) is 16.9. The average molecular weight is 376 g/mol. The van der Waals surface area contributed by atoms with Crippen molar-refractivity contribution < 1.29 is 18.8 Å². The summed E-state index contributed by atoms with van der Waals surface area (Å²) in [7, 11) is 0. The third-order valence-corrected chi connectivity index (χ3v) is 5.49. The second kappa shape index (κ2) is 6.41. The molecular weight excluding hydrogens is 356 g/mol. The molecule has 5 rings (SSSR count). The van der Waals surface area contributed by atoms with Crippen molar-refractivity contribution in [3.63, 3.8) is 0 Å². The molecule has 1 aromatic heterocycles. The molecule has 142 valence electrons. The van der Waals surface area contributed by atoms with Crippen LogP contribution in [0.25, 0.3) is 11.3 Å². The van der Waals surface area contributed by atoms with Crippen LogP contribution in [0.4, 0.5) is 5.69 Å². The molecule has 2 aliphatic rings. The Morgan fingerprint density at radius 2 is 1.93 bits per heavy atom. The predicted octanol–water partition coefficient (Wildman–Crippen LogP) is 4.30. The number of benzene rings is 2. The number of hydrogen-bond donors (Lipinski definition) is 1. The van der Waals surface area contributed by atoms with Gasteiger partial charge in [0.05, 0.1) is 11.1 Å². The first-order chi connectivity index (χ1) is 13.7. The van der Waals surface area contributed by atoms with E-state index >= 15 is 0 Å². The molecule has 0 spiro atoms. The van der Waals surface area contributed by atoms with Gasteiger partial charge in [-0.05, 0) is 49.1 Å². The summed E-state index contributed by atoms with van der Waals surface area (Å²) < 4.78 is 16.3. The van der Waals surface area contributed by atoms with E-state index in [-0.39, 0.29) is 12.7 Å². The summed E-state index contributed by atoms with van der Waals surface area (Å²) in [5.74, 6) is 1.99. The molecule has 1 aliphatic heterocycles. The molecule has 0 atom stereocenters. The summed E-state index contributed by atoms with van der Waals surface area (Å²) in [6, 6.07) is 15.4. The minimum Gasteiger partial charge on any atom is -0.454 e. The van der Waals surface area contributed by atoms with Crippen LogP contribution in [-0.2, 0) is 16.6 Å². The molecule has 2 heterocycles. The average Bonchev–Trinajstić information content (AvgIpc) is 3.15. The lowest BCUT2D eigenvalue weighted by Gasteiger charge is -2.14. The van der Waals surface area contributed by atoms with E-state index in [1.165, 1.54) is 0 Å². The highest BCUT2D eigenvalue weighted by Crippen LogP contribution is 2.49. The molecule has 6 nitrogen and oxygen atoms in total. The number of aromatic nitrogens is 1. The van der Waals surface area contributed by atoms with Crippen LogP contribution in [0.3, 0.4) is 0 Å². The summed E-state index contributed by atoms with van der Waals surface area (Å²) in [6.07, 6.45) is 2.39. The number of anilines is 1. The van der Waals surface area contributed by atoms with Crippen LogP contribution in [0.2, 0.25) is 0 Å². The Bertz CT molecular complexity index is 1050. The van der Waals surface area contributed by atoms with Crippen LogP contribution in [0.1, 0.15) is 31.0 Å². The third-order valence-electron chi connectivity index (χ3n) is 5.49. The fourth-order valence-corrected chi connectivity index (χ4v) is 3.60. The Morgan fingerprint density at radius 3 is 2.75 bits per heavy atom. The molecule has 0 radical (unpaired) electrons. The summed E-state index contributed by atoms with van der Waals surface area (Å²) >= 11 is 0. The topological polar surface area (TPSA) is 73.6 Å². The first-order valence-electron chi connectivity index (χ1n) is 9.46. The van der Waals surface area contributed by atoms with Gasteiger partial charge in [0.1, 0.15) is 0 Å². The molecule has 1 fully saturated rings. The first-order valence-corrected chi connectivity index (χ1v) is 9.46. The zero-order valence-corrected chi connectivity index (χ0v) is 15.5. The number of carbonyl (C=O) groups is 1. The number of para-hydroxylation sites is 1. The van der Waals surface area contributed by atoms with Gasteiger partial charge in [-0.25, -0.2) is 0 Å². The number of ether oxygens (including phenoxy) is 2. The van der Waals surface area contributed by atoms with Gasteiger partial charge in [0, 0.05) is 17.3 Å². The fourth-order valence-electron chi connectivity index (χ4n) is 3.60. The Hall–Kier alpha value is -3.28. The van der Waals surface area contributed by atoms with Crippen LogP contribution in [0, 0.1) is 0 Å². The highest BCUT2D eigenvalue weighted by atomic mass is 16.7. The lowest BCUT2D eigenvalue weighted by molar-refractivity contribution is -0.118. The quantitative estimate of drug-likeness (QED) is 0.719. The number of rotatable bonds is 5. The minimum absolute atomic E-state index is 0.0288. The minimum atomic E-state index is -0.612. The fraction of sp³-hybridized carbons (Fsp3) is 0.273. The van der Waals surface area contributed by atoms with Crippen molar-refractivity contribution in [2.75, 3.05) is 12.1 Å². The van der Waals surface area contributed by atoms with Crippen molar-refractivity contribution in [1.29, 1.82) is 0 Å². The van der Waals surface area contributed by atoms with Crippen LogP contribution in [0.15, 0.2) is 53.1 Å². The summed E-state index contributed by atoms with van der Waals surface area (Å²) in [5.41, 5.74) is 2.88. The van der Waals surface area contributed by atoms with Gasteiger partial charge in [0.15, 0.2) is 17.3 Å². The van der Waals surface area contributed by atoms with Crippen LogP contribution in [-0.4, -0.2) is 17.9 Å². The molecule has 3 aromatic rings. The van der Waals surface area contributed by atoms with Crippen LogP contribution < -0.4 is 14.8 Å². The molecular formula is C22H20N2O4. The van der Waals surface area contributed by atoms with Gasteiger partial charge in [-0.15, -0.1) is 0 Å². The third kappa shape index (κ3) is 2.72. The molecule has 28 heavy (non-hydrogen) atoms. The van der Waals surface area contributed by atoms with Crippen LogP contribution in [0.5, 0.6) is 11.5 Å². The van der Waals surface area contributed by atoms with E-state index in [9.17, 15) is 4.79 Å². The molecule has 0 saturated heterocycles. The normalized spacial score (nSPS) is 16.0. The molecule has 1 aliphatic carbocycles. The van der Waals surface area contributed by atoms with E-state index in [4.69, 9.17) is 14.0 Å². The maximum atomic E-state index is 13.0. The van der Waals surface area contributed by atoms with Crippen molar-refractivity contribution in [1.82, 2.24) is 5.16 Å². The molecule has 1 amide bonds. The molecule has 1 saturated carbocycles. The highest BCUT2D eigenvalue weighted by Gasteiger charge is 2.54. The lowest BCUT2D eigenvalue weighted by atomic mass is 9.99. The number of aryl methyl sites for hydroxylation is 1. The van der Waals surface area contributed by atoms with Gasteiger partial charge < -0.3 is 19.3 Å². The number of nitrogens with zero attached hydrogens (tertiary/aromatic N) is 1. The number of fused-ring (bicyclic) bond motifs is 1. The number of nitrogens with one attached hydrogen (secondary N) is 1. The SMILES string of the molecule is CCc1ccccc1NC(=O)C1(c2cc(-c3ccc4c(c3)OCO4)on2)CC1. The van der Waals surface area contributed by atoms with E-state index in [0.717, 1.165) is 41.8 Å². The van der Waals surface area contributed by atoms with Gasteiger partial charge in [0.25, 0.3) is 0 Å². The van der Waals surface area contributed by atoms with E-state index in [0.29, 0.717) is 17.2 Å². The molecule has 0 unspecified atom stereocenters. The number of amides is 1. The Kier molecular flexibility index (Phi) is 3.86. The molecule has 0 bridgehead atoms. The van der Waals surface area contributed by atoms with Gasteiger partial charge >= 0.3 is 0 Å². The number of carbonyl (C=O) groups excluding carboxylic acids is 1. The largest absolute Gasteiger partial charge is 0.454 e. The Morgan fingerprint density at radius 1 is 1.11 bits per heavy atom. The van der Waals surface area contributed by atoms with E-state index in [1.807, 2.05) is 48.5 Å². The predicted molar refractivity (Wildman–Crippen MR) is 103 cm³/mol. The van der Waals surface area contributed by atoms with Crippen molar-refractivity contribution >= 4 is 11.6 Å². The van der Waals surface area contributed by atoms with E-state index in [1.54, 1.807) is 0 Å². The van der Waals surface area contributed by atoms with Gasteiger partial charge in [-0.2, -0.15) is 0 Å². The van der Waals surface area contributed by atoms with Crippen molar-refractivity contribution in [3.05, 3.63) is 59.8 Å². The maximum Gasteiger partial charge on any atom is 0.236 e. The maximum absolute atomic E-state index is 13.0. The standard InChI is InChI=1S/C22H20N2O4/c1-2-14-5-3-4-6-16(14)23-21(25)22(9-10-22)20-12-18(28-24-20)15-7-8-17-19(11-15)27-13-26-17/h3-8,11-12H,2,9-10,13H2,1H3,(H,23,25). The van der Waals surface area contributed by atoms with Gasteiger partial charge in [0.2, 0.25) is 12.7 Å². The van der Waals surface area contributed by atoms with Crippen molar-refractivity contribution in [3.8, 4) is 22.8 Å². The molecule has 6 heteroatoms. The Balaban J connectivity index is 1.40. The lowest BCUT2D eigenvalue weighted by Crippen LogP contribution is -2.28. The zero-order valence-electron chi connectivity index (χ0n) is 15.5.